The van der Waals surface area contributed by atoms with Crippen LogP contribution in [0.25, 0.3) is 33.4 Å². The minimum absolute atomic E-state index is 0.0858. The summed E-state index contributed by atoms with van der Waals surface area (Å²) in [6, 6.07) is 30.5. The monoisotopic (exact) mass is 882 g/mol. The van der Waals surface area contributed by atoms with E-state index in [1.54, 1.807) is 22.3 Å². The lowest BCUT2D eigenvalue weighted by atomic mass is 9.69. The van der Waals surface area contributed by atoms with Crippen LogP contribution in [0.15, 0.2) is 72.8 Å². The maximum atomic E-state index is 2.73. The van der Waals surface area contributed by atoms with Crippen molar-refractivity contribution in [1.82, 2.24) is 0 Å². The fourth-order valence-electron chi connectivity index (χ4n) is 12.7. The molecule has 0 radical (unpaired) electrons. The fraction of sp³-hybridized carbons (Fsp3) is 0.619. The van der Waals surface area contributed by atoms with Crippen molar-refractivity contribution in [3.63, 3.8) is 0 Å². The number of aryl methyl sites for hydroxylation is 2. The van der Waals surface area contributed by atoms with E-state index in [-0.39, 0.29) is 10.8 Å². The molecule has 6 rings (SSSR count). The van der Waals surface area contributed by atoms with Gasteiger partial charge in [-0.2, -0.15) is 0 Å². The Kier molecular flexibility index (Phi) is 19.7. The molecule has 0 saturated heterocycles. The first-order chi connectivity index (χ1) is 31.2. The summed E-state index contributed by atoms with van der Waals surface area (Å²) < 4.78 is 0. The van der Waals surface area contributed by atoms with E-state index >= 15 is 0 Å². The number of rotatable bonds is 31. The summed E-state index contributed by atoms with van der Waals surface area (Å²) in [6.07, 6.45) is 39.7. The lowest BCUT2D eigenvalue weighted by Gasteiger charge is -2.35. The van der Waals surface area contributed by atoms with E-state index in [9.17, 15) is 0 Å². The van der Waals surface area contributed by atoms with Crippen molar-refractivity contribution in [3.8, 4) is 33.4 Å². The van der Waals surface area contributed by atoms with Gasteiger partial charge in [-0.25, -0.2) is 0 Å². The maximum absolute atomic E-state index is 2.73. The van der Waals surface area contributed by atoms with Gasteiger partial charge in [0.15, 0.2) is 0 Å². The summed E-state index contributed by atoms with van der Waals surface area (Å²) in [6.45, 7) is 19.0. The molecule has 2 aliphatic rings. The highest BCUT2D eigenvalue weighted by molar-refractivity contribution is 7.75. The van der Waals surface area contributed by atoms with Crippen LogP contribution in [0.3, 0.4) is 0 Å². The van der Waals surface area contributed by atoms with Gasteiger partial charge >= 0.3 is 0 Å². The number of benzene rings is 4. The Balaban J connectivity index is 1.42. The molecule has 0 amide bonds. The second-order valence-corrected chi connectivity index (χ2v) is 25.8. The van der Waals surface area contributed by atoms with Crippen molar-refractivity contribution in [2.75, 3.05) is 24.6 Å². The molecule has 0 saturated carbocycles. The SMILES string of the molecule is CCCCCCCCC1(CCCCCCCC)c2cc(C)ccc2-c2ccc(-c3ccc4c(c3)C(CCCC)(CCC[P+](CCCC)(CCCC)CCCC)c3cc(C)ccc3-4)cc21. The molecule has 0 nitrogen and oxygen atoms in total. The molecule has 2 aliphatic carbocycles. The Labute approximate surface area is 396 Å². The highest BCUT2D eigenvalue weighted by atomic mass is 31.2. The molecule has 0 fully saturated rings. The first-order valence-corrected chi connectivity index (χ1v) is 30.2. The molecule has 1 atom stereocenters. The Bertz CT molecular complexity index is 1990. The zero-order valence-electron chi connectivity index (χ0n) is 42.9. The van der Waals surface area contributed by atoms with Crippen LogP contribution in [0.5, 0.6) is 0 Å². The summed E-state index contributed by atoms with van der Waals surface area (Å²) >= 11 is 0. The van der Waals surface area contributed by atoms with Crippen LogP contribution in [-0.4, -0.2) is 24.6 Å². The quantitative estimate of drug-likeness (QED) is 0.0349. The topological polar surface area (TPSA) is 0 Å². The summed E-state index contributed by atoms with van der Waals surface area (Å²) in [5.41, 5.74) is 18.5. The van der Waals surface area contributed by atoms with E-state index in [0.29, 0.717) is 0 Å². The van der Waals surface area contributed by atoms with E-state index in [1.165, 1.54) is 230 Å². The molecule has 0 heterocycles. The Morgan fingerprint density at radius 2 is 0.625 bits per heavy atom. The molecule has 64 heavy (non-hydrogen) atoms. The van der Waals surface area contributed by atoms with E-state index < -0.39 is 7.26 Å². The second-order valence-electron chi connectivity index (χ2n) is 21.3. The second kappa shape index (κ2) is 24.9. The number of unbranched alkanes of at least 4 members (excludes halogenated alkanes) is 14. The van der Waals surface area contributed by atoms with Gasteiger partial charge in [0.2, 0.25) is 0 Å². The summed E-state index contributed by atoms with van der Waals surface area (Å²) in [7, 11) is -0.974. The molecule has 0 spiro atoms. The van der Waals surface area contributed by atoms with E-state index in [0.717, 1.165) is 0 Å². The predicted molar refractivity (Wildman–Crippen MR) is 290 cm³/mol. The Morgan fingerprint density at radius 3 is 1.03 bits per heavy atom. The predicted octanol–water partition coefficient (Wildman–Crippen LogP) is 20.4. The van der Waals surface area contributed by atoms with E-state index in [1.807, 2.05) is 0 Å². The van der Waals surface area contributed by atoms with Gasteiger partial charge in [0.1, 0.15) is 0 Å². The first kappa shape index (κ1) is 50.7. The minimum atomic E-state index is -0.974. The summed E-state index contributed by atoms with van der Waals surface area (Å²) in [5.74, 6) is 0. The van der Waals surface area contributed by atoms with Crippen LogP contribution >= 0.6 is 7.26 Å². The molecule has 0 aliphatic heterocycles. The molecular formula is C63H94P+. The molecule has 0 N–H and O–H groups in total. The normalized spacial score (nSPS) is 15.9. The smallest absolute Gasteiger partial charge is 0.0594 e. The van der Waals surface area contributed by atoms with Crippen molar-refractivity contribution >= 4 is 7.26 Å². The Hall–Kier alpha value is -2.69. The lowest BCUT2D eigenvalue weighted by Crippen LogP contribution is -2.27. The third-order valence-electron chi connectivity index (χ3n) is 16.4. The van der Waals surface area contributed by atoms with Crippen LogP contribution in [0.1, 0.15) is 235 Å². The molecule has 0 bridgehead atoms. The van der Waals surface area contributed by atoms with Gasteiger partial charge in [-0.3, -0.25) is 0 Å². The van der Waals surface area contributed by atoms with Crippen molar-refractivity contribution in [1.29, 1.82) is 0 Å². The van der Waals surface area contributed by atoms with Gasteiger partial charge in [0.25, 0.3) is 0 Å². The van der Waals surface area contributed by atoms with Gasteiger partial charge in [0, 0.05) is 18.1 Å². The van der Waals surface area contributed by atoms with Crippen molar-refractivity contribution in [2.45, 2.75) is 227 Å². The van der Waals surface area contributed by atoms with Crippen molar-refractivity contribution < 1.29 is 0 Å². The number of fused-ring (bicyclic) bond motifs is 6. The molecule has 4 aromatic carbocycles. The van der Waals surface area contributed by atoms with Crippen LogP contribution in [0, 0.1) is 13.8 Å². The highest BCUT2D eigenvalue weighted by Gasteiger charge is 2.45. The largest absolute Gasteiger partial charge is 0.0654 e. The zero-order valence-corrected chi connectivity index (χ0v) is 43.8. The van der Waals surface area contributed by atoms with E-state index in [4.69, 9.17) is 0 Å². The van der Waals surface area contributed by atoms with Crippen LogP contribution in [0.2, 0.25) is 0 Å². The molecule has 1 unspecified atom stereocenters. The molecule has 350 valence electrons. The van der Waals surface area contributed by atoms with Crippen LogP contribution in [0.4, 0.5) is 0 Å². The number of hydrogen-bond donors (Lipinski definition) is 0. The third kappa shape index (κ3) is 11.7. The average molecular weight is 882 g/mol. The van der Waals surface area contributed by atoms with Crippen LogP contribution < -0.4 is 0 Å². The van der Waals surface area contributed by atoms with Gasteiger partial charge < -0.3 is 0 Å². The summed E-state index contributed by atoms with van der Waals surface area (Å²) in [4.78, 5) is 0. The fourth-order valence-corrected chi connectivity index (χ4v) is 17.8. The maximum Gasteiger partial charge on any atom is 0.0594 e. The van der Waals surface area contributed by atoms with Crippen molar-refractivity contribution in [3.05, 3.63) is 106 Å². The average Bonchev–Trinajstić information content (AvgIpc) is 3.72. The first-order valence-electron chi connectivity index (χ1n) is 27.6. The van der Waals surface area contributed by atoms with Gasteiger partial charge in [-0.05, 0) is 133 Å². The Morgan fingerprint density at radius 1 is 0.312 bits per heavy atom. The molecule has 1 heteroatoms. The van der Waals surface area contributed by atoms with Gasteiger partial charge in [-0.1, -0.05) is 222 Å². The molecule has 0 aromatic heterocycles. The van der Waals surface area contributed by atoms with Gasteiger partial charge in [-0.15, -0.1) is 0 Å². The highest BCUT2D eigenvalue weighted by Crippen LogP contribution is 2.63. The zero-order chi connectivity index (χ0) is 45.4. The standard InChI is InChI=1S/C63H94P/c1-9-15-21-23-25-27-39-63(40-28-26-24-22-16-10-2)59-47-51(8)31-35-55(59)57-37-33-53(49-61(57)63)52-32-36-56-54-34-30-50(7)46-58(54)62(38-17-11-3,60(56)48-52)41-29-45-64(42-18-12-4,43-19-13-5)44-20-14-6/h30-37,46-49H,9-29,38-45H2,1-8H3/q+1. The third-order valence-corrected chi connectivity index (χ3v) is 21.5. The lowest BCUT2D eigenvalue weighted by molar-refractivity contribution is 0.398. The van der Waals surface area contributed by atoms with Crippen LogP contribution in [-0.2, 0) is 10.8 Å². The molecular weight excluding hydrogens is 788 g/mol. The van der Waals surface area contributed by atoms with E-state index in [2.05, 4.69) is 128 Å². The number of hydrogen-bond acceptors (Lipinski definition) is 0. The van der Waals surface area contributed by atoms with Crippen molar-refractivity contribution in [2.24, 2.45) is 0 Å². The van der Waals surface area contributed by atoms with Gasteiger partial charge in [0.05, 0.1) is 24.6 Å². The summed E-state index contributed by atoms with van der Waals surface area (Å²) in [5, 5.41) is 0. The molecule has 4 aromatic rings. The minimum Gasteiger partial charge on any atom is -0.0654 e.